The van der Waals surface area contributed by atoms with E-state index in [9.17, 15) is 4.79 Å². The zero-order valence-corrected chi connectivity index (χ0v) is 15.0. The number of hydrogen-bond donors (Lipinski definition) is 1. The highest BCUT2D eigenvalue weighted by Gasteiger charge is 2.09. The molecule has 27 heavy (non-hydrogen) atoms. The fourth-order valence-electron chi connectivity index (χ4n) is 2.96. The summed E-state index contributed by atoms with van der Waals surface area (Å²) in [6, 6.07) is 15.2. The summed E-state index contributed by atoms with van der Waals surface area (Å²) in [6.45, 7) is 4.09. The maximum Gasteiger partial charge on any atom is 0.299 e. The van der Waals surface area contributed by atoms with E-state index in [0.717, 1.165) is 22.4 Å². The summed E-state index contributed by atoms with van der Waals surface area (Å²) in [5, 5.41) is 3.18. The van der Waals surface area contributed by atoms with Gasteiger partial charge in [-0.3, -0.25) is 9.36 Å². The number of benzene rings is 1. The lowest BCUT2D eigenvalue weighted by Gasteiger charge is -2.06. The van der Waals surface area contributed by atoms with Gasteiger partial charge in [-0.1, -0.05) is 12.1 Å². The second-order valence-electron chi connectivity index (χ2n) is 6.34. The van der Waals surface area contributed by atoms with Gasteiger partial charge in [0.15, 0.2) is 5.76 Å². The van der Waals surface area contributed by atoms with Crippen LogP contribution in [0.5, 0.6) is 0 Å². The molecule has 0 aliphatic rings. The summed E-state index contributed by atoms with van der Waals surface area (Å²) in [4.78, 5) is 20.6. The molecule has 0 fully saturated rings. The molecule has 134 valence electrons. The Hall–Kier alpha value is -3.67. The normalized spacial score (nSPS) is 10.7. The van der Waals surface area contributed by atoms with Gasteiger partial charge in [-0.15, -0.1) is 0 Å². The first-order chi connectivity index (χ1) is 13.1. The molecular weight excluding hydrogens is 340 g/mol. The summed E-state index contributed by atoms with van der Waals surface area (Å²) in [5.74, 6) is 1.12. The number of anilines is 2. The average molecular weight is 358 g/mol. The Morgan fingerprint density at radius 1 is 1.00 bits per heavy atom. The van der Waals surface area contributed by atoms with Crippen LogP contribution in [0.2, 0.25) is 0 Å². The zero-order chi connectivity index (χ0) is 18.8. The van der Waals surface area contributed by atoms with Crippen molar-refractivity contribution in [3.05, 3.63) is 88.6 Å². The average Bonchev–Trinajstić information content (AvgIpc) is 3.10. The molecule has 1 N–H and O–H groups in total. The van der Waals surface area contributed by atoms with Crippen LogP contribution in [-0.2, 0) is 0 Å². The SMILES string of the molecule is Cc1cc(C)cc(Nc2ncc(-c3ccnc(-n4ccccc4=O)c3)o2)c1. The third-order valence-electron chi connectivity index (χ3n) is 4.08. The van der Waals surface area contributed by atoms with Crippen LogP contribution < -0.4 is 10.9 Å². The van der Waals surface area contributed by atoms with E-state index in [1.807, 2.05) is 32.0 Å². The van der Waals surface area contributed by atoms with Gasteiger partial charge in [0.05, 0.1) is 6.20 Å². The van der Waals surface area contributed by atoms with Gasteiger partial charge in [-0.05, 0) is 55.3 Å². The molecule has 0 spiro atoms. The van der Waals surface area contributed by atoms with Gasteiger partial charge in [0.1, 0.15) is 5.82 Å². The van der Waals surface area contributed by atoms with Gasteiger partial charge in [-0.2, -0.15) is 0 Å². The predicted octanol–water partition coefficient (Wildman–Crippen LogP) is 4.25. The second-order valence-corrected chi connectivity index (χ2v) is 6.34. The van der Waals surface area contributed by atoms with Crippen molar-refractivity contribution in [3.8, 4) is 17.1 Å². The molecule has 0 aliphatic heterocycles. The molecule has 0 bridgehead atoms. The number of hydrogen-bond acceptors (Lipinski definition) is 5. The van der Waals surface area contributed by atoms with Gasteiger partial charge in [-0.25, -0.2) is 9.97 Å². The van der Waals surface area contributed by atoms with E-state index in [1.165, 1.54) is 10.6 Å². The molecule has 0 saturated heterocycles. The molecule has 6 heteroatoms. The Bertz CT molecular complexity index is 1140. The van der Waals surface area contributed by atoms with Gasteiger partial charge in [0.2, 0.25) is 0 Å². The minimum Gasteiger partial charge on any atom is -0.423 e. The lowest BCUT2D eigenvalue weighted by atomic mass is 10.1. The topological polar surface area (TPSA) is 73.0 Å². The smallest absolute Gasteiger partial charge is 0.299 e. The molecule has 4 aromatic rings. The van der Waals surface area contributed by atoms with Crippen LogP contribution in [0.15, 0.2) is 76.3 Å². The zero-order valence-electron chi connectivity index (χ0n) is 15.0. The van der Waals surface area contributed by atoms with Crippen molar-refractivity contribution < 1.29 is 4.42 Å². The highest BCUT2D eigenvalue weighted by atomic mass is 16.4. The van der Waals surface area contributed by atoms with Crippen molar-refractivity contribution in [2.24, 2.45) is 0 Å². The molecule has 3 heterocycles. The number of aromatic nitrogens is 3. The fraction of sp³-hybridized carbons (Fsp3) is 0.0952. The summed E-state index contributed by atoms with van der Waals surface area (Å²) >= 11 is 0. The van der Waals surface area contributed by atoms with Crippen LogP contribution in [0.3, 0.4) is 0 Å². The number of nitrogens with zero attached hydrogens (tertiary/aromatic N) is 3. The Morgan fingerprint density at radius 2 is 1.81 bits per heavy atom. The molecule has 0 unspecified atom stereocenters. The van der Waals surface area contributed by atoms with E-state index in [4.69, 9.17) is 4.42 Å². The van der Waals surface area contributed by atoms with Crippen molar-refractivity contribution >= 4 is 11.7 Å². The van der Waals surface area contributed by atoms with E-state index < -0.39 is 0 Å². The van der Waals surface area contributed by atoms with Crippen LogP contribution in [0.25, 0.3) is 17.1 Å². The third-order valence-corrected chi connectivity index (χ3v) is 4.08. The van der Waals surface area contributed by atoms with Crippen molar-refractivity contribution in [2.75, 3.05) is 5.32 Å². The Labute approximate surface area is 156 Å². The molecule has 4 rings (SSSR count). The molecule has 3 aromatic heterocycles. The molecule has 6 nitrogen and oxygen atoms in total. The number of oxazole rings is 1. The van der Waals surface area contributed by atoms with E-state index in [-0.39, 0.29) is 5.56 Å². The lowest BCUT2D eigenvalue weighted by Crippen LogP contribution is -2.16. The van der Waals surface area contributed by atoms with E-state index >= 15 is 0 Å². The van der Waals surface area contributed by atoms with Crippen LogP contribution in [0.4, 0.5) is 11.7 Å². The standard InChI is InChI=1S/C21H18N4O2/c1-14-9-15(2)11-17(10-14)24-21-23-13-18(27-21)16-6-7-22-19(12-16)25-8-4-3-5-20(25)26/h3-13H,1-2H3,(H,23,24). The predicted molar refractivity (Wildman–Crippen MR) is 105 cm³/mol. The number of pyridine rings is 2. The van der Waals surface area contributed by atoms with E-state index in [1.54, 1.807) is 36.8 Å². The van der Waals surface area contributed by atoms with Gasteiger partial charge < -0.3 is 9.73 Å². The van der Waals surface area contributed by atoms with Gasteiger partial charge in [0, 0.05) is 29.7 Å². The molecule has 0 atom stereocenters. The second kappa shape index (κ2) is 6.92. The number of aryl methyl sites for hydroxylation is 2. The quantitative estimate of drug-likeness (QED) is 0.590. The van der Waals surface area contributed by atoms with Gasteiger partial charge in [0.25, 0.3) is 11.6 Å². The summed E-state index contributed by atoms with van der Waals surface area (Å²) < 4.78 is 7.32. The molecule has 0 saturated carbocycles. The molecular formula is C21H18N4O2. The summed E-state index contributed by atoms with van der Waals surface area (Å²) in [6.07, 6.45) is 4.98. The Kier molecular flexibility index (Phi) is 4.30. The van der Waals surface area contributed by atoms with E-state index in [2.05, 4.69) is 21.4 Å². The molecule has 0 aliphatic carbocycles. The summed E-state index contributed by atoms with van der Waals surface area (Å²) in [5.41, 5.74) is 3.90. The van der Waals surface area contributed by atoms with Crippen molar-refractivity contribution in [1.82, 2.24) is 14.5 Å². The molecule has 0 amide bonds. The Morgan fingerprint density at radius 3 is 2.59 bits per heavy atom. The Balaban J connectivity index is 1.63. The highest BCUT2D eigenvalue weighted by molar-refractivity contribution is 5.61. The minimum atomic E-state index is -0.142. The molecule has 1 aromatic carbocycles. The van der Waals surface area contributed by atoms with Crippen molar-refractivity contribution in [1.29, 1.82) is 0 Å². The van der Waals surface area contributed by atoms with Crippen molar-refractivity contribution in [3.63, 3.8) is 0 Å². The van der Waals surface area contributed by atoms with Crippen LogP contribution >= 0.6 is 0 Å². The monoisotopic (exact) mass is 358 g/mol. The first-order valence-electron chi connectivity index (χ1n) is 8.54. The van der Waals surface area contributed by atoms with Crippen LogP contribution in [0, 0.1) is 13.8 Å². The largest absolute Gasteiger partial charge is 0.423 e. The van der Waals surface area contributed by atoms with Crippen molar-refractivity contribution in [2.45, 2.75) is 13.8 Å². The summed E-state index contributed by atoms with van der Waals surface area (Å²) in [7, 11) is 0. The maximum atomic E-state index is 12.0. The van der Waals surface area contributed by atoms with Crippen LogP contribution in [-0.4, -0.2) is 14.5 Å². The van der Waals surface area contributed by atoms with Gasteiger partial charge >= 0.3 is 0 Å². The maximum absolute atomic E-state index is 12.0. The number of nitrogens with one attached hydrogen (secondary N) is 1. The number of rotatable bonds is 4. The molecule has 0 radical (unpaired) electrons. The fourth-order valence-corrected chi connectivity index (χ4v) is 2.96. The van der Waals surface area contributed by atoms with E-state index in [0.29, 0.717) is 17.6 Å². The first-order valence-corrected chi connectivity index (χ1v) is 8.54. The minimum absolute atomic E-state index is 0.142. The highest BCUT2D eigenvalue weighted by Crippen LogP contribution is 2.26. The third kappa shape index (κ3) is 3.64. The van der Waals surface area contributed by atoms with Crippen LogP contribution in [0.1, 0.15) is 11.1 Å². The lowest BCUT2D eigenvalue weighted by molar-refractivity contribution is 0.592. The first kappa shape index (κ1) is 16.8.